The molecular formula is C18H22N+. The van der Waals surface area contributed by atoms with Crippen LogP contribution in [0.5, 0.6) is 0 Å². The van der Waals surface area contributed by atoms with E-state index in [1.54, 1.807) is 0 Å². The summed E-state index contributed by atoms with van der Waals surface area (Å²) in [6.07, 6.45) is 3.22. The molecule has 1 aromatic heterocycles. The van der Waals surface area contributed by atoms with Crippen LogP contribution in [0.15, 0.2) is 48.7 Å². The predicted molar refractivity (Wildman–Crippen MR) is 83.4 cm³/mol. The molecule has 0 spiro atoms. The molecule has 3 aromatic rings. The third-order valence-electron chi connectivity index (χ3n) is 3.51. The van der Waals surface area contributed by atoms with Crippen molar-refractivity contribution in [2.45, 2.75) is 27.2 Å². The maximum absolute atomic E-state index is 2.25. The summed E-state index contributed by atoms with van der Waals surface area (Å²) in [6.45, 7) is 6.21. The largest absolute Gasteiger partial charge is 0.205 e. The number of benzene rings is 2. The third kappa shape index (κ3) is 2.33. The van der Waals surface area contributed by atoms with E-state index in [0.29, 0.717) is 0 Å². The van der Waals surface area contributed by atoms with Crippen LogP contribution in [0.4, 0.5) is 0 Å². The molecule has 1 nitrogen and oxygen atoms in total. The molecule has 3 rings (SSSR count). The topological polar surface area (TPSA) is 3.88 Å². The van der Waals surface area contributed by atoms with Crippen molar-refractivity contribution < 1.29 is 4.57 Å². The average Bonchev–Trinajstić information content (AvgIpc) is 2.49. The highest BCUT2D eigenvalue weighted by atomic mass is 14.9. The molecule has 1 heterocycles. The van der Waals surface area contributed by atoms with Crippen molar-refractivity contribution in [1.82, 2.24) is 0 Å². The summed E-state index contributed by atoms with van der Waals surface area (Å²) in [5.74, 6) is 0. The van der Waals surface area contributed by atoms with E-state index in [1.165, 1.54) is 27.2 Å². The number of aryl methyl sites for hydroxylation is 2. The molecule has 0 unspecified atom stereocenters. The molecule has 0 aliphatic rings. The van der Waals surface area contributed by atoms with Gasteiger partial charge in [-0.05, 0) is 16.8 Å². The van der Waals surface area contributed by atoms with E-state index in [2.05, 4.69) is 67.2 Å². The van der Waals surface area contributed by atoms with Crippen molar-refractivity contribution in [3.63, 3.8) is 0 Å². The van der Waals surface area contributed by atoms with Crippen LogP contribution in [0, 0.1) is 0 Å². The summed E-state index contributed by atoms with van der Waals surface area (Å²) < 4.78 is 2.22. The van der Waals surface area contributed by atoms with Crippen LogP contribution in [0.25, 0.3) is 21.5 Å². The fourth-order valence-corrected chi connectivity index (χ4v) is 2.63. The van der Waals surface area contributed by atoms with Gasteiger partial charge >= 0.3 is 0 Å². The summed E-state index contributed by atoms with van der Waals surface area (Å²) in [6, 6.07) is 15.3. The highest BCUT2D eigenvalue weighted by molar-refractivity contribution is 6.07. The molecule has 19 heavy (non-hydrogen) atoms. The summed E-state index contributed by atoms with van der Waals surface area (Å²) in [4.78, 5) is 0. The summed E-state index contributed by atoms with van der Waals surface area (Å²) in [5, 5.41) is 5.39. The molecular weight excluding hydrogens is 230 g/mol. The SMILES string of the molecule is CC.CCc1c2ccc3ccccc3c2cc[n+]1C. The standard InChI is InChI=1S/C16H16N.C2H6/c1-3-16-15-9-8-12-6-4-5-7-13(12)14(15)10-11-17(16)2;1-2/h4-11H,3H2,1-2H3;1-2H3/q+1;. The number of aromatic nitrogens is 1. The normalized spacial score (nSPS) is 10.3. The molecule has 0 N–H and O–H groups in total. The Morgan fingerprint density at radius 3 is 2.32 bits per heavy atom. The fourth-order valence-electron chi connectivity index (χ4n) is 2.63. The first kappa shape index (κ1) is 13.5. The van der Waals surface area contributed by atoms with Gasteiger partial charge in [-0.2, -0.15) is 0 Å². The van der Waals surface area contributed by atoms with Crippen molar-refractivity contribution in [2.75, 3.05) is 0 Å². The van der Waals surface area contributed by atoms with Gasteiger partial charge in [-0.15, -0.1) is 0 Å². The molecule has 0 atom stereocenters. The number of nitrogens with zero attached hydrogens (tertiary/aromatic N) is 1. The number of pyridine rings is 1. The minimum absolute atomic E-state index is 1.06. The number of rotatable bonds is 1. The number of hydrogen-bond donors (Lipinski definition) is 0. The lowest BCUT2D eigenvalue weighted by Gasteiger charge is -2.06. The number of hydrogen-bond acceptors (Lipinski definition) is 0. The minimum Gasteiger partial charge on any atom is -0.205 e. The minimum atomic E-state index is 1.06. The lowest BCUT2D eigenvalue weighted by Crippen LogP contribution is -2.32. The van der Waals surface area contributed by atoms with E-state index < -0.39 is 0 Å². The predicted octanol–water partition coefficient (Wildman–Crippen LogP) is 4.41. The van der Waals surface area contributed by atoms with Crippen LogP contribution in [0.2, 0.25) is 0 Å². The second kappa shape index (κ2) is 5.83. The van der Waals surface area contributed by atoms with E-state index in [4.69, 9.17) is 0 Å². The van der Waals surface area contributed by atoms with Gasteiger partial charge in [-0.25, -0.2) is 4.57 Å². The molecule has 0 aliphatic carbocycles. The monoisotopic (exact) mass is 252 g/mol. The van der Waals surface area contributed by atoms with Crippen LogP contribution in [-0.4, -0.2) is 0 Å². The Labute approximate surface area is 115 Å². The summed E-state index contributed by atoms with van der Waals surface area (Å²) in [7, 11) is 2.12. The quantitative estimate of drug-likeness (QED) is 0.446. The molecule has 0 amide bonds. The van der Waals surface area contributed by atoms with Gasteiger partial charge < -0.3 is 0 Å². The van der Waals surface area contributed by atoms with E-state index >= 15 is 0 Å². The van der Waals surface area contributed by atoms with Crippen LogP contribution in [0.3, 0.4) is 0 Å². The first-order valence-electron chi connectivity index (χ1n) is 7.10. The molecule has 0 bridgehead atoms. The Morgan fingerprint density at radius 2 is 1.58 bits per heavy atom. The fraction of sp³-hybridized carbons (Fsp3) is 0.278. The van der Waals surface area contributed by atoms with Gasteiger partial charge in [0.2, 0.25) is 0 Å². The lowest BCUT2D eigenvalue weighted by molar-refractivity contribution is -0.677. The first-order chi connectivity index (χ1) is 9.31. The second-order valence-corrected chi connectivity index (χ2v) is 4.47. The van der Waals surface area contributed by atoms with E-state index in [0.717, 1.165) is 6.42 Å². The van der Waals surface area contributed by atoms with Crippen molar-refractivity contribution in [3.8, 4) is 0 Å². The highest BCUT2D eigenvalue weighted by Crippen LogP contribution is 2.25. The third-order valence-corrected chi connectivity index (χ3v) is 3.51. The van der Waals surface area contributed by atoms with Crippen LogP contribution in [-0.2, 0) is 13.5 Å². The second-order valence-electron chi connectivity index (χ2n) is 4.47. The van der Waals surface area contributed by atoms with Gasteiger partial charge in [0.05, 0.1) is 0 Å². The van der Waals surface area contributed by atoms with E-state index in [1.807, 2.05) is 13.8 Å². The average molecular weight is 252 g/mol. The molecule has 0 fully saturated rings. The van der Waals surface area contributed by atoms with Gasteiger partial charge in [0.1, 0.15) is 7.05 Å². The molecule has 0 aliphatic heterocycles. The Morgan fingerprint density at radius 1 is 0.842 bits per heavy atom. The van der Waals surface area contributed by atoms with Crippen molar-refractivity contribution in [3.05, 3.63) is 54.4 Å². The van der Waals surface area contributed by atoms with Crippen molar-refractivity contribution in [2.24, 2.45) is 7.05 Å². The van der Waals surface area contributed by atoms with Gasteiger partial charge in [0, 0.05) is 23.3 Å². The number of fused-ring (bicyclic) bond motifs is 3. The zero-order valence-electron chi connectivity index (χ0n) is 12.3. The highest BCUT2D eigenvalue weighted by Gasteiger charge is 2.11. The Bertz CT molecular complexity index is 698. The maximum atomic E-state index is 2.25. The molecule has 0 saturated heterocycles. The van der Waals surface area contributed by atoms with Crippen molar-refractivity contribution >= 4 is 21.5 Å². The van der Waals surface area contributed by atoms with Gasteiger partial charge in [-0.1, -0.05) is 51.1 Å². The van der Waals surface area contributed by atoms with Gasteiger partial charge in [0.15, 0.2) is 11.9 Å². The Kier molecular flexibility index (Phi) is 4.16. The van der Waals surface area contributed by atoms with Crippen LogP contribution >= 0.6 is 0 Å². The lowest BCUT2D eigenvalue weighted by atomic mass is 10.0. The van der Waals surface area contributed by atoms with E-state index in [-0.39, 0.29) is 0 Å². The molecule has 2 aromatic carbocycles. The smallest absolute Gasteiger partial charge is 0.188 e. The summed E-state index contributed by atoms with van der Waals surface area (Å²) >= 11 is 0. The molecule has 98 valence electrons. The maximum Gasteiger partial charge on any atom is 0.188 e. The molecule has 0 radical (unpaired) electrons. The van der Waals surface area contributed by atoms with Crippen LogP contribution < -0.4 is 4.57 Å². The summed E-state index contributed by atoms with van der Waals surface area (Å²) in [5.41, 5.74) is 1.40. The van der Waals surface area contributed by atoms with Gasteiger partial charge in [-0.3, -0.25) is 0 Å². The first-order valence-corrected chi connectivity index (χ1v) is 7.10. The van der Waals surface area contributed by atoms with Gasteiger partial charge in [0.25, 0.3) is 0 Å². The zero-order chi connectivity index (χ0) is 13.8. The van der Waals surface area contributed by atoms with Crippen LogP contribution in [0.1, 0.15) is 26.5 Å². The Balaban J connectivity index is 0.000000637. The Hall–Kier alpha value is -1.89. The molecule has 1 heteroatoms. The molecule has 0 saturated carbocycles. The van der Waals surface area contributed by atoms with E-state index in [9.17, 15) is 0 Å². The zero-order valence-corrected chi connectivity index (χ0v) is 12.3. The van der Waals surface area contributed by atoms with Crippen molar-refractivity contribution in [1.29, 1.82) is 0 Å².